The highest BCUT2D eigenvalue weighted by molar-refractivity contribution is 5.20. The molecule has 1 aromatic heterocycles. The van der Waals surface area contributed by atoms with E-state index in [1.165, 1.54) is 0 Å². The zero-order chi connectivity index (χ0) is 12.8. The highest BCUT2D eigenvalue weighted by Gasteiger charge is 2.10. The third-order valence-electron chi connectivity index (χ3n) is 2.88. The maximum Gasteiger partial charge on any atom is 0.255 e. The van der Waals surface area contributed by atoms with E-state index in [1.54, 1.807) is 6.07 Å². The van der Waals surface area contributed by atoms with Crippen LogP contribution in [0, 0.1) is 11.3 Å². The molecule has 92 valence electrons. The lowest BCUT2D eigenvalue weighted by atomic mass is 10.1. The first-order valence-electron chi connectivity index (χ1n) is 6.21. The second-order valence-electron chi connectivity index (χ2n) is 4.58. The number of nitrogens with zero attached hydrogens (tertiary/aromatic N) is 2. The molecular weight excluding hydrogens is 212 g/mol. The minimum atomic E-state index is 0.00574. The molecule has 0 N–H and O–H groups in total. The molecule has 0 radical (unpaired) electrons. The molecule has 0 aromatic carbocycles. The summed E-state index contributed by atoms with van der Waals surface area (Å²) in [6.45, 7) is 7.03. The van der Waals surface area contributed by atoms with Gasteiger partial charge in [-0.3, -0.25) is 4.79 Å². The number of hydrogen-bond acceptors (Lipinski definition) is 2. The SMILES string of the molecule is CCCCn1c(C(C)C)ccc(CC#N)c1=O. The van der Waals surface area contributed by atoms with Crippen LogP contribution in [0.3, 0.4) is 0 Å². The van der Waals surface area contributed by atoms with Gasteiger partial charge in [0.25, 0.3) is 5.56 Å². The van der Waals surface area contributed by atoms with Crippen molar-refractivity contribution in [1.29, 1.82) is 5.26 Å². The molecule has 0 aliphatic carbocycles. The van der Waals surface area contributed by atoms with E-state index in [1.807, 2.05) is 16.7 Å². The van der Waals surface area contributed by atoms with Gasteiger partial charge in [0.1, 0.15) is 0 Å². The average molecular weight is 232 g/mol. The van der Waals surface area contributed by atoms with E-state index in [0.29, 0.717) is 11.5 Å². The number of nitriles is 1. The van der Waals surface area contributed by atoms with Crippen LogP contribution in [0.15, 0.2) is 16.9 Å². The molecule has 0 saturated heterocycles. The van der Waals surface area contributed by atoms with Crippen LogP contribution < -0.4 is 5.56 Å². The van der Waals surface area contributed by atoms with Gasteiger partial charge in [0, 0.05) is 17.8 Å². The zero-order valence-corrected chi connectivity index (χ0v) is 10.9. The zero-order valence-electron chi connectivity index (χ0n) is 10.9. The Bertz CT molecular complexity index is 466. The van der Waals surface area contributed by atoms with Crippen molar-refractivity contribution in [2.75, 3.05) is 0 Å². The fourth-order valence-corrected chi connectivity index (χ4v) is 1.91. The highest BCUT2D eigenvalue weighted by atomic mass is 16.1. The quantitative estimate of drug-likeness (QED) is 0.783. The molecule has 1 rings (SSSR count). The summed E-state index contributed by atoms with van der Waals surface area (Å²) in [6.07, 6.45) is 2.26. The minimum Gasteiger partial charge on any atom is -0.312 e. The second kappa shape index (κ2) is 6.24. The molecule has 1 aromatic rings. The van der Waals surface area contributed by atoms with Crippen molar-refractivity contribution in [1.82, 2.24) is 4.57 Å². The number of unbranched alkanes of at least 4 members (excludes halogenated alkanes) is 1. The maximum absolute atomic E-state index is 12.2. The Balaban J connectivity index is 3.22. The number of pyridine rings is 1. The lowest BCUT2D eigenvalue weighted by Gasteiger charge is -2.16. The summed E-state index contributed by atoms with van der Waals surface area (Å²) >= 11 is 0. The Morgan fingerprint density at radius 2 is 2.12 bits per heavy atom. The Hall–Kier alpha value is -1.56. The minimum absolute atomic E-state index is 0.00574. The first kappa shape index (κ1) is 13.5. The summed E-state index contributed by atoms with van der Waals surface area (Å²) in [7, 11) is 0. The van der Waals surface area contributed by atoms with Gasteiger partial charge in [0.05, 0.1) is 12.5 Å². The molecule has 0 atom stereocenters. The number of aromatic nitrogens is 1. The maximum atomic E-state index is 12.2. The molecule has 0 fully saturated rings. The van der Waals surface area contributed by atoms with Crippen molar-refractivity contribution in [3.05, 3.63) is 33.7 Å². The molecular formula is C14H20N2O. The lowest BCUT2D eigenvalue weighted by molar-refractivity contribution is 0.566. The Morgan fingerprint density at radius 1 is 1.41 bits per heavy atom. The molecule has 3 heteroatoms. The molecule has 0 aliphatic rings. The number of rotatable bonds is 5. The normalized spacial score (nSPS) is 10.5. The molecule has 0 unspecified atom stereocenters. The molecule has 0 aliphatic heterocycles. The van der Waals surface area contributed by atoms with E-state index >= 15 is 0 Å². The third-order valence-corrected chi connectivity index (χ3v) is 2.88. The average Bonchev–Trinajstić information content (AvgIpc) is 2.30. The van der Waals surface area contributed by atoms with E-state index in [-0.39, 0.29) is 12.0 Å². The fourth-order valence-electron chi connectivity index (χ4n) is 1.91. The Kier molecular flexibility index (Phi) is 4.96. The van der Waals surface area contributed by atoms with E-state index in [0.717, 1.165) is 25.1 Å². The van der Waals surface area contributed by atoms with Gasteiger partial charge < -0.3 is 4.57 Å². The molecule has 0 spiro atoms. The van der Waals surface area contributed by atoms with E-state index in [9.17, 15) is 4.79 Å². The predicted octanol–water partition coefficient (Wildman–Crippen LogP) is 2.84. The molecule has 0 bridgehead atoms. The van der Waals surface area contributed by atoms with Crippen molar-refractivity contribution in [3.8, 4) is 6.07 Å². The van der Waals surface area contributed by atoms with Crippen LogP contribution in [0.2, 0.25) is 0 Å². The predicted molar refractivity (Wildman–Crippen MR) is 69.0 cm³/mol. The van der Waals surface area contributed by atoms with Crippen LogP contribution in [0.25, 0.3) is 0 Å². The van der Waals surface area contributed by atoms with Gasteiger partial charge in [-0.1, -0.05) is 33.3 Å². The van der Waals surface area contributed by atoms with Crippen LogP contribution in [-0.2, 0) is 13.0 Å². The summed E-state index contributed by atoms with van der Waals surface area (Å²) in [4.78, 5) is 12.2. The Labute approximate surface area is 103 Å². The van der Waals surface area contributed by atoms with Gasteiger partial charge in [0.15, 0.2) is 0 Å². The smallest absolute Gasteiger partial charge is 0.255 e. The standard InChI is InChI=1S/C14H20N2O/c1-4-5-10-16-13(11(2)3)7-6-12(8-9-15)14(16)17/h6-7,11H,4-5,8,10H2,1-3H3. The first-order chi connectivity index (χ1) is 8.11. The van der Waals surface area contributed by atoms with E-state index in [2.05, 4.69) is 20.8 Å². The van der Waals surface area contributed by atoms with Crippen molar-refractivity contribution in [3.63, 3.8) is 0 Å². The van der Waals surface area contributed by atoms with Crippen molar-refractivity contribution in [2.45, 2.75) is 52.5 Å². The monoisotopic (exact) mass is 232 g/mol. The number of hydrogen-bond donors (Lipinski definition) is 0. The fraction of sp³-hybridized carbons (Fsp3) is 0.571. The van der Waals surface area contributed by atoms with Crippen LogP contribution in [-0.4, -0.2) is 4.57 Å². The summed E-state index contributed by atoms with van der Waals surface area (Å²) in [5, 5.41) is 8.69. The largest absolute Gasteiger partial charge is 0.312 e. The van der Waals surface area contributed by atoms with Crippen molar-refractivity contribution in [2.24, 2.45) is 0 Å². The lowest BCUT2D eigenvalue weighted by Crippen LogP contribution is -2.27. The topological polar surface area (TPSA) is 45.8 Å². The van der Waals surface area contributed by atoms with Crippen molar-refractivity contribution >= 4 is 0 Å². The van der Waals surface area contributed by atoms with Gasteiger partial charge in [-0.2, -0.15) is 5.26 Å². The summed E-state index contributed by atoms with van der Waals surface area (Å²) < 4.78 is 1.83. The Morgan fingerprint density at radius 3 is 2.65 bits per heavy atom. The summed E-state index contributed by atoms with van der Waals surface area (Å²) in [5.74, 6) is 0.329. The highest BCUT2D eigenvalue weighted by Crippen LogP contribution is 2.14. The van der Waals surface area contributed by atoms with Crippen molar-refractivity contribution < 1.29 is 0 Å². The van der Waals surface area contributed by atoms with Gasteiger partial charge in [-0.25, -0.2) is 0 Å². The molecule has 1 heterocycles. The first-order valence-corrected chi connectivity index (χ1v) is 6.21. The van der Waals surface area contributed by atoms with Gasteiger partial charge in [0.2, 0.25) is 0 Å². The summed E-state index contributed by atoms with van der Waals surface area (Å²) in [6, 6.07) is 5.82. The summed E-state index contributed by atoms with van der Waals surface area (Å²) in [5.41, 5.74) is 1.67. The second-order valence-corrected chi connectivity index (χ2v) is 4.58. The third kappa shape index (κ3) is 3.20. The van der Waals surface area contributed by atoms with Crippen LogP contribution in [0.1, 0.15) is 50.8 Å². The molecule has 0 amide bonds. The van der Waals surface area contributed by atoms with Gasteiger partial charge >= 0.3 is 0 Å². The molecule has 3 nitrogen and oxygen atoms in total. The van der Waals surface area contributed by atoms with E-state index in [4.69, 9.17) is 5.26 Å². The van der Waals surface area contributed by atoms with Gasteiger partial charge in [-0.15, -0.1) is 0 Å². The van der Waals surface area contributed by atoms with Crippen LogP contribution in [0.5, 0.6) is 0 Å². The van der Waals surface area contributed by atoms with Gasteiger partial charge in [-0.05, 0) is 18.4 Å². The van der Waals surface area contributed by atoms with Crippen LogP contribution >= 0.6 is 0 Å². The van der Waals surface area contributed by atoms with Crippen LogP contribution in [0.4, 0.5) is 0 Å². The molecule has 17 heavy (non-hydrogen) atoms. The molecule has 0 saturated carbocycles. The van der Waals surface area contributed by atoms with E-state index < -0.39 is 0 Å².